The van der Waals surface area contributed by atoms with E-state index in [2.05, 4.69) is 37.9 Å². The molecular weight excluding hydrogens is 326 g/mol. The van der Waals surface area contributed by atoms with Crippen LogP contribution in [0.3, 0.4) is 0 Å². The maximum absolute atomic E-state index is 12.8. The zero-order valence-corrected chi connectivity index (χ0v) is 15.8. The molecule has 0 bridgehead atoms. The highest BCUT2D eigenvalue weighted by Gasteiger charge is 2.23. The van der Waals surface area contributed by atoms with Crippen molar-refractivity contribution in [2.24, 2.45) is 0 Å². The lowest BCUT2D eigenvalue weighted by Gasteiger charge is -2.23. The van der Waals surface area contributed by atoms with Gasteiger partial charge in [-0.05, 0) is 49.9 Å². The van der Waals surface area contributed by atoms with Gasteiger partial charge in [0.05, 0.1) is 12.0 Å². The second-order valence-electron chi connectivity index (χ2n) is 7.18. The average Bonchev–Trinajstić information content (AvgIpc) is 3.01. The largest absolute Gasteiger partial charge is 0.367 e. The van der Waals surface area contributed by atoms with Gasteiger partial charge in [-0.1, -0.05) is 17.7 Å². The summed E-state index contributed by atoms with van der Waals surface area (Å²) < 4.78 is 0. The number of hydrogen-bond donors (Lipinski definition) is 1. The van der Waals surface area contributed by atoms with E-state index in [1.54, 1.807) is 18.5 Å². The predicted octanol–water partition coefficient (Wildman–Crippen LogP) is 2.86. The molecule has 0 unspecified atom stereocenters. The summed E-state index contributed by atoms with van der Waals surface area (Å²) in [6.45, 7) is 8.80. The molecule has 2 aromatic rings. The second kappa shape index (κ2) is 7.77. The van der Waals surface area contributed by atoms with Crippen LogP contribution in [0.2, 0.25) is 0 Å². The molecule has 2 heterocycles. The van der Waals surface area contributed by atoms with Crippen LogP contribution in [0.15, 0.2) is 30.6 Å². The van der Waals surface area contributed by atoms with E-state index in [-0.39, 0.29) is 11.8 Å². The molecule has 1 N–H and O–H groups in total. The van der Waals surface area contributed by atoms with E-state index in [1.165, 1.54) is 16.7 Å². The Morgan fingerprint density at radius 2 is 1.65 bits per heavy atom. The lowest BCUT2D eigenvalue weighted by atomic mass is 9.97. The number of nitrogens with zero attached hydrogens (tertiary/aromatic N) is 2. The summed E-state index contributed by atoms with van der Waals surface area (Å²) in [5.74, 6) is 0.182. The van der Waals surface area contributed by atoms with Gasteiger partial charge in [-0.15, -0.1) is 0 Å². The first-order valence-corrected chi connectivity index (χ1v) is 9.22. The Labute approximate surface area is 155 Å². The Bertz CT molecular complexity index is 773. The summed E-state index contributed by atoms with van der Waals surface area (Å²) in [7, 11) is 0. The van der Waals surface area contributed by atoms with Gasteiger partial charge >= 0.3 is 0 Å². The van der Waals surface area contributed by atoms with Crippen molar-refractivity contribution in [3.05, 3.63) is 58.4 Å². The minimum Gasteiger partial charge on any atom is -0.367 e. The molecule has 0 radical (unpaired) electrons. The van der Waals surface area contributed by atoms with E-state index in [9.17, 15) is 9.59 Å². The quantitative estimate of drug-likeness (QED) is 0.922. The minimum atomic E-state index is 0.0331. The summed E-state index contributed by atoms with van der Waals surface area (Å²) >= 11 is 0. The molecule has 0 atom stereocenters. The molecule has 3 rings (SSSR count). The minimum absolute atomic E-state index is 0.0331. The van der Waals surface area contributed by atoms with Crippen LogP contribution >= 0.6 is 0 Å². The maximum atomic E-state index is 12.8. The van der Waals surface area contributed by atoms with Gasteiger partial charge in [0.1, 0.15) is 0 Å². The van der Waals surface area contributed by atoms with Crippen molar-refractivity contribution in [1.29, 1.82) is 0 Å². The smallest absolute Gasteiger partial charge is 0.255 e. The van der Waals surface area contributed by atoms with Crippen LogP contribution in [-0.2, 0) is 11.2 Å². The van der Waals surface area contributed by atoms with Crippen molar-refractivity contribution in [1.82, 2.24) is 14.8 Å². The molecule has 1 aliphatic rings. The fraction of sp³-hybridized carbons (Fsp3) is 0.429. The number of aromatic nitrogens is 1. The van der Waals surface area contributed by atoms with Crippen LogP contribution in [0.1, 0.15) is 39.0 Å². The van der Waals surface area contributed by atoms with E-state index >= 15 is 0 Å². The van der Waals surface area contributed by atoms with Crippen LogP contribution in [0.4, 0.5) is 0 Å². The van der Waals surface area contributed by atoms with Crippen LogP contribution in [-0.4, -0.2) is 52.8 Å². The van der Waals surface area contributed by atoms with Gasteiger partial charge in [-0.2, -0.15) is 0 Å². The summed E-state index contributed by atoms with van der Waals surface area (Å²) in [5.41, 5.74) is 5.38. The molecule has 1 fully saturated rings. The third kappa shape index (κ3) is 3.98. The molecule has 1 aromatic heterocycles. The fourth-order valence-corrected chi connectivity index (χ4v) is 3.76. The van der Waals surface area contributed by atoms with E-state index < -0.39 is 0 Å². The zero-order valence-electron chi connectivity index (χ0n) is 15.8. The van der Waals surface area contributed by atoms with E-state index in [0.717, 1.165) is 12.0 Å². The molecule has 1 saturated heterocycles. The van der Waals surface area contributed by atoms with Gasteiger partial charge in [0.15, 0.2) is 0 Å². The van der Waals surface area contributed by atoms with Crippen LogP contribution in [0, 0.1) is 20.8 Å². The third-order valence-corrected chi connectivity index (χ3v) is 5.15. The number of aromatic amines is 1. The van der Waals surface area contributed by atoms with Gasteiger partial charge in [-0.25, -0.2) is 0 Å². The summed E-state index contributed by atoms with van der Waals surface area (Å²) in [6.07, 6.45) is 4.73. The Balaban J connectivity index is 1.64. The third-order valence-electron chi connectivity index (χ3n) is 5.15. The number of hydrogen-bond acceptors (Lipinski definition) is 2. The first-order valence-electron chi connectivity index (χ1n) is 9.22. The first kappa shape index (κ1) is 18.2. The SMILES string of the molecule is Cc1cc(C)c(CC(=O)N2CCCN(C(=O)c3cc[nH]c3)CC2)c(C)c1. The number of nitrogens with one attached hydrogen (secondary N) is 1. The Hall–Kier alpha value is -2.56. The number of carbonyl (C=O) groups is 2. The lowest BCUT2D eigenvalue weighted by Crippen LogP contribution is -2.38. The van der Waals surface area contributed by atoms with Crippen molar-refractivity contribution >= 4 is 11.8 Å². The molecule has 0 spiro atoms. The maximum Gasteiger partial charge on any atom is 0.255 e. The standard InChI is InChI=1S/C21H27N3O2/c1-15-11-16(2)19(17(3)12-15)13-20(25)23-7-4-8-24(10-9-23)21(26)18-5-6-22-14-18/h5-6,11-12,14,22H,4,7-10,13H2,1-3H3. The van der Waals surface area contributed by atoms with Gasteiger partial charge in [-0.3, -0.25) is 9.59 Å². The lowest BCUT2D eigenvalue weighted by molar-refractivity contribution is -0.130. The van der Waals surface area contributed by atoms with E-state index in [1.807, 2.05) is 9.80 Å². The fourth-order valence-electron chi connectivity index (χ4n) is 3.76. The van der Waals surface area contributed by atoms with Gasteiger partial charge in [0, 0.05) is 38.6 Å². The summed E-state index contributed by atoms with van der Waals surface area (Å²) in [4.78, 5) is 32.0. The normalized spacial score (nSPS) is 15.0. The number of amides is 2. The van der Waals surface area contributed by atoms with Crippen molar-refractivity contribution in [3.63, 3.8) is 0 Å². The molecule has 2 amide bonds. The Kier molecular flexibility index (Phi) is 5.45. The molecule has 5 heteroatoms. The summed E-state index contributed by atoms with van der Waals surface area (Å²) in [5, 5.41) is 0. The molecule has 1 aliphatic heterocycles. The topological polar surface area (TPSA) is 56.4 Å². The van der Waals surface area contributed by atoms with Crippen molar-refractivity contribution in [2.45, 2.75) is 33.6 Å². The number of rotatable bonds is 3. The highest BCUT2D eigenvalue weighted by molar-refractivity contribution is 5.94. The number of H-pyrrole nitrogens is 1. The average molecular weight is 353 g/mol. The molecule has 0 saturated carbocycles. The van der Waals surface area contributed by atoms with E-state index in [0.29, 0.717) is 38.2 Å². The van der Waals surface area contributed by atoms with Crippen LogP contribution < -0.4 is 0 Å². The van der Waals surface area contributed by atoms with Gasteiger partial charge in [0.25, 0.3) is 5.91 Å². The molecule has 26 heavy (non-hydrogen) atoms. The van der Waals surface area contributed by atoms with Crippen LogP contribution in [0.5, 0.6) is 0 Å². The summed E-state index contributed by atoms with van der Waals surface area (Å²) in [6, 6.07) is 6.06. The Morgan fingerprint density at radius 1 is 1.00 bits per heavy atom. The van der Waals surface area contributed by atoms with Gasteiger partial charge < -0.3 is 14.8 Å². The monoisotopic (exact) mass is 353 g/mol. The molecular formula is C21H27N3O2. The van der Waals surface area contributed by atoms with Crippen molar-refractivity contribution in [2.75, 3.05) is 26.2 Å². The van der Waals surface area contributed by atoms with Crippen LogP contribution in [0.25, 0.3) is 0 Å². The molecule has 1 aromatic carbocycles. The zero-order chi connectivity index (χ0) is 18.7. The van der Waals surface area contributed by atoms with Crippen molar-refractivity contribution in [3.8, 4) is 0 Å². The molecule has 0 aliphatic carbocycles. The van der Waals surface area contributed by atoms with Crippen molar-refractivity contribution < 1.29 is 9.59 Å². The van der Waals surface area contributed by atoms with Gasteiger partial charge in [0.2, 0.25) is 5.91 Å². The van der Waals surface area contributed by atoms with E-state index in [4.69, 9.17) is 0 Å². The second-order valence-corrected chi connectivity index (χ2v) is 7.18. The molecule has 138 valence electrons. The Morgan fingerprint density at radius 3 is 2.31 bits per heavy atom. The highest BCUT2D eigenvalue weighted by atomic mass is 16.2. The predicted molar refractivity (Wildman–Crippen MR) is 102 cm³/mol. The number of benzene rings is 1. The molecule has 5 nitrogen and oxygen atoms in total. The first-order chi connectivity index (χ1) is 12.5. The number of aryl methyl sites for hydroxylation is 3. The number of carbonyl (C=O) groups excluding carboxylic acids is 2. The highest BCUT2D eigenvalue weighted by Crippen LogP contribution is 2.18.